The highest BCUT2D eigenvalue weighted by Crippen LogP contribution is 2.31. The molecule has 0 saturated heterocycles. The minimum atomic E-state index is -0.339. The number of hydrogen-bond acceptors (Lipinski definition) is 2. The van der Waals surface area contributed by atoms with E-state index in [9.17, 15) is 9.59 Å². The van der Waals surface area contributed by atoms with E-state index in [0.717, 1.165) is 16.7 Å². The van der Waals surface area contributed by atoms with Gasteiger partial charge >= 0.3 is 0 Å². The minimum Gasteiger partial charge on any atom is -0.355 e. The topological polar surface area (TPSA) is 58.2 Å². The smallest absolute Gasteiger partial charge is 0.224 e. The van der Waals surface area contributed by atoms with Crippen LogP contribution in [0.4, 0.5) is 0 Å². The summed E-state index contributed by atoms with van der Waals surface area (Å²) in [5.74, 6) is -0.152. The first-order valence-electron chi connectivity index (χ1n) is 10.3. The van der Waals surface area contributed by atoms with Gasteiger partial charge in [0.2, 0.25) is 11.8 Å². The lowest BCUT2D eigenvalue weighted by Gasteiger charge is -2.31. The standard InChI is InChI=1S/C26H28N2O2/c1-26(22-13-7-3-8-14-22,23-15-9-4-10-16-23)20-28-24(29)17-18-27-25(30)19-21-11-5-2-6-12-21/h2-16H,17-20H2,1H3,(H,27,30)(H,28,29). The molecule has 30 heavy (non-hydrogen) atoms. The zero-order valence-electron chi connectivity index (χ0n) is 17.3. The van der Waals surface area contributed by atoms with Gasteiger partial charge in [0.1, 0.15) is 0 Å². The fourth-order valence-corrected chi connectivity index (χ4v) is 3.51. The first-order chi connectivity index (χ1) is 14.6. The molecular weight excluding hydrogens is 372 g/mol. The Morgan fingerprint density at radius 1 is 0.700 bits per heavy atom. The van der Waals surface area contributed by atoms with Gasteiger partial charge < -0.3 is 10.6 Å². The summed E-state index contributed by atoms with van der Waals surface area (Å²) in [6.07, 6.45) is 0.572. The third-order valence-electron chi connectivity index (χ3n) is 5.34. The number of amides is 2. The van der Waals surface area contributed by atoms with Gasteiger partial charge in [-0.05, 0) is 23.6 Å². The van der Waals surface area contributed by atoms with Crippen molar-refractivity contribution in [1.29, 1.82) is 0 Å². The quantitative estimate of drug-likeness (QED) is 0.573. The molecule has 0 aromatic heterocycles. The average molecular weight is 401 g/mol. The van der Waals surface area contributed by atoms with E-state index < -0.39 is 0 Å². The van der Waals surface area contributed by atoms with Gasteiger partial charge in [-0.2, -0.15) is 0 Å². The van der Waals surface area contributed by atoms with Crippen molar-refractivity contribution in [1.82, 2.24) is 10.6 Å². The maximum atomic E-state index is 12.4. The highest BCUT2D eigenvalue weighted by atomic mass is 16.2. The summed E-state index contributed by atoms with van der Waals surface area (Å²) in [7, 11) is 0. The Hall–Kier alpha value is -3.40. The van der Waals surface area contributed by atoms with Crippen molar-refractivity contribution in [2.75, 3.05) is 13.1 Å². The Morgan fingerprint density at radius 2 is 1.20 bits per heavy atom. The normalized spacial score (nSPS) is 11.0. The molecule has 154 valence electrons. The molecule has 4 nitrogen and oxygen atoms in total. The number of benzene rings is 3. The molecule has 0 spiro atoms. The van der Waals surface area contributed by atoms with E-state index in [1.807, 2.05) is 66.7 Å². The summed E-state index contributed by atoms with van der Waals surface area (Å²) in [6.45, 7) is 2.95. The van der Waals surface area contributed by atoms with Gasteiger partial charge in [-0.3, -0.25) is 9.59 Å². The molecule has 0 heterocycles. The average Bonchev–Trinajstić information content (AvgIpc) is 2.79. The van der Waals surface area contributed by atoms with Crippen LogP contribution in [0, 0.1) is 0 Å². The van der Waals surface area contributed by atoms with Crippen LogP contribution in [-0.4, -0.2) is 24.9 Å². The number of hydrogen-bond donors (Lipinski definition) is 2. The first kappa shape index (κ1) is 21.3. The van der Waals surface area contributed by atoms with Crippen molar-refractivity contribution in [2.24, 2.45) is 0 Å². The molecule has 0 aliphatic heterocycles. The van der Waals surface area contributed by atoms with Crippen molar-refractivity contribution in [3.63, 3.8) is 0 Å². The van der Waals surface area contributed by atoms with Crippen LogP contribution in [0.3, 0.4) is 0 Å². The van der Waals surface area contributed by atoms with Crippen LogP contribution in [0.1, 0.15) is 30.0 Å². The Labute approximate surface area is 178 Å². The zero-order valence-corrected chi connectivity index (χ0v) is 17.3. The maximum Gasteiger partial charge on any atom is 0.224 e. The summed E-state index contributed by atoms with van der Waals surface area (Å²) >= 11 is 0. The maximum absolute atomic E-state index is 12.4. The molecule has 0 bridgehead atoms. The monoisotopic (exact) mass is 400 g/mol. The van der Waals surface area contributed by atoms with E-state index in [1.165, 1.54) is 0 Å². The summed E-state index contributed by atoms with van der Waals surface area (Å²) in [5, 5.41) is 5.88. The van der Waals surface area contributed by atoms with E-state index in [2.05, 4.69) is 41.8 Å². The van der Waals surface area contributed by atoms with Crippen LogP contribution in [-0.2, 0) is 21.4 Å². The molecule has 3 rings (SSSR count). The predicted octanol–water partition coefficient (Wildman–Crippen LogP) is 3.86. The summed E-state index contributed by atoms with van der Waals surface area (Å²) in [6, 6.07) is 30.0. The highest BCUT2D eigenvalue weighted by molar-refractivity contribution is 5.80. The van der Waals surface area contributed by atoms with Crippen LogP contribution in [0.25, 0.3) is 0 Å². The van der Waals surface area contributed by atoms with Crippen molar-refractivity contribution in [2.45, 2.75) is 25.2 Å². The van der Waals surface area contributed by atoms with Crippen molar-refractivity contribution < 1.29 is 9.59 Å². The van der Waals surface area contributed by atoms with Gasteiger partial charge in [0.15, 0.2) is 0 Å². The number of nitrogens with one attached hydrogen (secondary N) is 2. The molecule has 3 aromatic carbocycles. The summed E-state index contributed by atoms with van der Waals surface area (Å²) in [4.78, 5) is 24.5. The van der Waals surface area contributed by atoms with Crippen LogP contribution >= 0.6 is 0 Å². The number of carbonyl (C=O) groups is 2. The van der Waals surface area contributed by atoms with Crippen LogP contribution in [0.15, 0.2) is 91.0 Å². The van der Waals surface area contributed by atoms with Crippen molar-refractivity contribution >= 4 is 11.8 Å². The lowest BCUT2D eigenvalue weighted by atomic mass is 9.76. The van der Waals surface area contributed by atoms with Gasteiger partial charge in [-0.1, -0.05) is 91.0 Å². The third-order valence-corrected chi connectivity index (χ3v) is 5.34. The molecule has 0 fully saturated rings. The van der Waals surface area contributed by atoms with Gasteiger partial charge in [0.05, 0.1) is 6.42 Å². The second-order valence-corrected chi connectivity index (χ2v) is 7.60. The zero-order chi connectivity index (χ0) is 21.2. The molecule has 2 amide bonds. The van der Waals surface area contributed by atoms with Crippen LogP contribution < -0.4 is 10.6 Å². The lowest BCUT2D eigenvalue weighted by Crippen LogP contribution is -2.40. The van der Waals surface area contributed by atoms with Crippen LogP contribution in [0.2, 0.25) is 0 Å². The van der Waals surface area contributed by atoms with Crippen molar-refractivity contribution in [3.05, 3.63) is 108 Å². The lowest BCUT2D eigenvalue weighted by molar-refractivity contribution is -0.122. The van der Waals surface area contributed by atoms with Crippen LogP contribution in [0.5, 0.6) is 0 Å². The first-order valence-corrected chi connectivity index (χ1v) is 10.3. The van der Waals surface area contributed by atoms with Gasteiger partial charge in [-0.25, -0.2) is 0 Å². The molecule has 0 aliphatic carbocycles. The molecule has 0 atom stereocenters. The van der Waals surface area contributed by atoms with E-state index in [4.69, 9.17) is 0 Å². The second kappa shape index (κ2) is 10.4. The molecule has 4 heteroatoms. The van der Waals surface area contributed by atoms with E-state index in [0.29, 0.717) is 19.5 Å². The van der Waals surface area contributed by atoms with E-state index in [-0.39, 0.29) is 23.7 Å². The molecule has 2 N–H and O–H groups in total. The minimum absolute atomic E-state index is 0.0758. The fourth-order valence-electron chi connectivity index (χ4n) is 3.51. The van der Waals surface area contributed by atoms with E-state index in [1.54, 1.807) is 0 Å². The Balaban J connectivity index is 1.53. The van der Waals surface area contributed by atoms with Gasteiger partial charge in [0.25, 0.3) is 0 Å². The third kappa shape index (κ3) is 5.80. The highest BCUT2D eigenvalue weighted by Gasteiger charge is 2.29. The molecule has 0 unspecified atom stereocenters. The fraction of sp³-hybridized carbons (Fsp3) is 0.231. The Morgan fingerprint density at radius 3 is 1.73 bits per heavy atom. The number of rotatable bonds is 9. The van der Waals surface area contributed by atoms with Crippen molar-refractivity contribution in [3.8, 4) is 0 Å². The second-order valence-electron chi connectivity index (χ2n) is 7.60. The van der Waals surface area contributed by atoms with Gasteiger partial charge in [0, 0.05) is 24.9 Å². The van der Waals surface area contributed by atoms with E-state index >= 15 is 0 Å². The molecule has 0 saturated carbocycles. The molecule has 0 aliphatic rings. The molecular formula is C26H28N2O2. The van der Waals surface area contributed by atoms with Gasteiger partial charge in [-0.15, -0.1) is 0 Å². The largest absolute Gasteiger partial charge is 0.355 e. The SMILES string of the molecule is CC(CNC(=O)CCNC(=O)Cc1ccccc1)(c1ccccc1)c1ccccc1. The Kier molecular flexibility index (Phi) is 7.39. The number of carbonyl (C=O) groups excluding carboxylic acids is 2. The Bertz CT molecular complexity index is 901. The summed E-state index contributed by atoms with van der Waals surface area (Å²) < 4.78 is 0. The molecule has 0 radical (unpaired) electrons. The predicted molar refractivity (Wildman–Crippen MR) is 120 cm³/mol. The summed E-state index contributed by atoms with van der Waals surface area (Å²) in [5.41, 5.74) is 2.91. The molecule has 3 aromatic rings.